The van der Waals surface area contributed by atoms with E-state index in [0.717, 1.165) is 24.8 Å². The van der Waals surface area contributed by atoms with Crippen LogP contribution in [0.5, 0.6) is 0 Å². The Kier molecular flexibility index (Phi) is 2.40. The molecule has 2 fully saturated rings. The molecule has 4 rings (SSSR count). The minimum atomic E-state index is 0.568. The SMILES string of the molecule is C1CSC(c2nc3c(c(C4CC4)n2)CNC3)C1. The van der Waals surface area contributed by atoms with Crippen LogP contribution in [0.1, 0.15) is 59.6 Å². The first kappa shape index (κ1) is 10.3. The highest BCUT2D eigenvalue weighted by Crippen LogP contribution is 2.44. The quantitative estimate of drug-likeness (QED) is 0.871. The standard InChI is InChI=1S/C13H17N3S/c1-2-11(17-5-1)13-15-10-7-14-6-9(10)12(16-13)8-3-4-8/h8,11,14H,1-7H2. The summed E-state index contributed by atoms with van der Waals surface area (Å²) in [5, 5.41) is 3.99. The fourth-order valence-electron chi connectivity index (χ4n) is 2.83. The topological polar surface area (TPSA) is 37.8 Å². The lowest BCUT2D eigenvalue weighted by Crippen LogP contribution is -2.07. The van der Waals surface area contributed by atoms with Crippen molar-refractivity contribution in [2.75, 3.05) is 5.75 Å². The van der Waals surface area contributed by atoms with E-state index in [-0.39, 0.29) is 0 Å². The summed E-state index contributed by atoms with van der Waals surface area (Å²) in [6.07, 6.45) is 5.26. The number of nitrogens with zero attached hydrogens (tertiary/aromatic N) is 2. The first-order valence-corrected chi connectivity index (χ1v) is 7.68. The molecule has 1 N–H and O–H groups in total. The minimum absolute atomic E-state index is 0.568. The van der Waals surface area contributed by atoms with Gasteiger partial charge in [0.05, 0.1) is 16.6 Å². The molecule has 90 valence electrons. The third-order valence-electron chi connectivity index (χ3n) is 3.92. The number of rotatable bonds is 2. The van der Waals surface area contributed by atoms with Gasteiger partial charge in [0.15, 0.2) is 0 Å². The summed E-state index contributed by atoms with van der Waals surface area (Å²) < 4.78 is 0. The number of aromatic nitrogens is 2. The predicted molar refractivity (Wildman–Crippen MR) is 69.0 cm³/mol. The van der Waals surface area contributed by atoms with Gasteiger partial charge in [-0.25, -0.2) is 9.97 Å². The van der Waals surface area contributed by atoms with Gasteiger partial charge in [0.2, 0.25) is 0 Å². The van der Waals surface area contributed by atoms with Crippen LogP contribution in [0.25, 0.3) is 0 Å². The third kappa shape index (κ3) is 1.78. The first-order chi connectivity index (χ1) is 8.42. The van der Waals surface area contributed by atoms with Gasteiger partial charge in [-0.15, -0.1) is 0 Å². The number of hydrogen-bond donors (Lipinski definition) is 1. The monoisotopic (exact) mass is 247 g/mol. The molecule has 0 bridgehead atoms. The van der Waals surface area contributed by atoms with Gasteiger partial charge in [0.1, 0.15) is 5.82 Å². The molecular formula is C13H17N3S. The van der Waals surface area contributed by atoms with Gasteiger partial charge in [-0.2, -0.15) is 11.8 Å². The molecule has 1 aliphatic carbocycles. The molecule has 3 nitrogen and oxygen atoms in total. The summed E-state index contributed by atoms with van der Waals surface area (Å²) in [5.41, 5.74) is 4.08. The van der Waals surface area contributed by atoms with Gasteiger partial charge in [0.25, 0.3) is 0 Å². The van der Waals surface area contributed by atoms with Crippen LogP contribution in [0.4, 0.5) is 0 Å². The first-order valence-electron chi connectivity index (χ1n) is 6.64. The summed E-state index contributed by atoms with van der Waals surface area (Å²) in [6.45, 7) is 1.93. The summed E-state index contributed by atoms with van der Waals surface area (Å²) >= 11 is 2.04. The number of fused-ring (bicyclic) bond motifs is 1. The molecule has 1 saturated heterocycles. The smallest absolute Gasteiger partial charge is 0.141 e. The van der Waals surface area contributed by atoms with Crippen molar-refractivity contribution in [2.24, 2.45) is 0 Å². The molecule has 0 spiro atoms. The lowest BCUT2D eigenvalue weighted by molar-refractivity contribution is 0.744. The van der Waals surface area contributed by atoms with Gasteiger partial charge in [-0.05, 0) is 31.4 Å². The Morgan fingerprint density at radius 3 is 2.82 bits per heavy atom. The minimum Gasteiger partial charge on any atom is -0.307 e. The molecule has 0 aromatic carbocycles. The Labute approximate surface area is 106 Å². The van der Waals surface area contributed by atoms with Crippen LogP contribution in [0, 0.1) is 0 Å². The number of hydrogen-bond acceptors (Lipinski definition) is 4. The van der Waals surface area contributed by atoms with Gasteiger partial charge >= 0.3 is 0 Å². The van der Waals surface area contributed by atoms with Gasteiger partial charge in [-0.1, -0.05) is 0 Å². The Balaban J connectivity index is 1.77. The molecule has 3 aliphatic rings. The normalized spacial score (nSPS) is 27.4. The second kappa shape index (κ2) is 3.95. The van der Waals surface area contributed by atoms with E-state index in [4.69, 9.17) is 9.97 Å². The van der Waals surface area contributed by atoms with Crippen LogP contribution in [-0.4, -0.2) is 15.7 Å². The Morgan fingerprint density at radius 2 is 2.06 bits per heavy atom. The zero-order chi connectivity index (χ0) is 11.2. The third-order valence-corrected chi connectivity index (χ3v) is 5.29. The van der Waals surface area contributed by atoms with Crippen molar-refractivity contribution in [3.05, 3.63) is 22.8 Å². The number of thioether (sulfide) groups is 1. The molecule has 0 radical (unpaired) electrons. The van der Waals surface area contributed by atoms with E-state index in [2.05, 4.69) is 5.32 Å². The summed E-state index contributed by atoms with van der Waals surface area (Å²) in [4.78, 5) is 9.73. The van der Waals surface area contributed by atoms with E-state index in [1.807, 2.05) is 11.8 Å². The van der Waals surface area contributed by atoms with E-state index in [0.29, 0.717) is 5.25 Å². The molecule has 17 heavy (non-hydrogen) atoms. The van der Waals surface area contributed by atoms with Crippen LogP contribution < -0.4 is 5.32 Å². The van der Waals surface area contributed by atoms with Crippen molar-refractivity contribution < 1.29 is 0 Å². The van der Waals surface area contributed by atoms with Crippen LogP contribution >= 0.6 is 11.8 Å². The summed E-state index contributed by atoms with van der Waals surface area (Å²) in [7, 11) is 0. The van der Waals surface area contributed by atoms with Crippen LogP contribution in [0.15, 0.2) is 0 Å². The van der Waals surface area contributed by atoms with E-state index in [1.54, 1.807) is 0 Å². The van der Waals surface area contributed by atoms with Crippen LogP contribution in [-0.2, 0) is 13.1 Å². The molecule has 2 aliphatic heterocycles. The Morgan fingerprint density at radius 1 is 1.12 bits per heavy atom. The van der Waals surface area contributed by atoms with E-state index < -0.39 is 0 Å². The maximum Gasteiger partial charge on any atom is 0.141 e. The van der Waals surface area contributed by atoms with Gasteiger partial charge in [-0.3, -0.25) is 0 Å². The average Bonchev–Trinajstić information content (AvgIpc) is 2.88. The largest absolute Gasteiger partial charge is 0.307 e. The van der Waals surface area contributed by atoms with Crippen molar-refractivity contribution in [1.82, 2.24) is 15.3 Å². The van der Waals surface area contributed by atoms with Crippen molar-refractivity contribution >= 4 is 11.8 Å². The molecule has 1 unspecified atom stereocenters. The molecule has 1 aromatic heterocycles. The van der Waals surface area contributed by atoms with Crippen molar-refractivity contribution in [3.63, 3.8) is 0 Å². The fraction of sp³-hybridized carbons (Fsp3) is 0.692. The van der Waals surface area contributed by atoms with E-state index >= 15 is 0 Å². The zero-order valence-electron chi connectivity index (χ0n) is 9.91. The van der Waals surface area contributed by atoms with Crippen LogP contribution in [0.3, 0.4) is 0 Å². The second-order valence-electron chi connectivity index (χ2n) is 5.27. The molecule has 1 aromatic rings. The maximum absolute atomic E-state index is 4.92. The van der Waals surface area contributed by atoms with E-state index in [1.165, 1.54) is 48.4 Å². The molecule has 1 saturated carbocycles. The molecule has 0 amide bonds. The molecule has 3 heterocycles. The molecular weight excluding hydrogens is 230 g/mol. The van der Waals surface area contributed by atoms with E-state index in [9.17, 15) is 0 Å². The lowest BCUT2D eigenvalue weighted by atomic mass is 10.1. The molecule has 4 heteroatoms. The van der Waals surface area contributed by atoms with Crippen molar-refractivity contribution in [1.29, 1.82) is 0 Å². The number of nitrogens with one attached hydrogen (secondary N) is 1. The van der Waals surface area contributed by atoms with Gasteiger partial charge < -0.3 is 5.32 Å². The lowest BCUT2D eigenvalue weighted by Gasteiger charge is -2.12. The summed E-state index contributed by atoms with van der Waals surface area (Å²) in [6, 6.07) is 0. The second-order valence-corrected chi connectivity index (χ2v) is 6.58. The maximum atomic E-state index is 4.92. The average molecular weight is 247 g/mol. The van der Waals surface area contributed by atoms with Crippen LogP contribution in [0.2, 0.25) is 0 Å². The van der Waals surface area contributed by atoms with Crippen molar-refractivity contribution in [2.45, 2.75) is 49.9 Å². The van der Waals surface area contributed by atoms with Gasteiger partial charge in [0, 0.05) is 24.6 Å². The Bertz CT molecular complexity index is 450. The zero-order valence-corrected chi connectivity index (χ0v) is 10.7. The van der Waals surface area contributed by atoms with Crippen molar-refractivity contribution in [3.8, 4) is 0 Å². The summed E-state index contributed by atoms with van der Waals surface area (Å²) in [5.74, 6) is 3.15. The predicted octanol–water partition coefficient (Wildman–Crippen LogP) is 2.53. The highest BCUT2D eigenvalue weighted by Gasteiger charge is 2.32. The Hall–Kier alpha value is -0.610. The fourth-order valence-corrected chi connectivity index (χ4v) is 4.04. The highest BCUT2D eigenvalue weighted by molar-refractivity contribution is 7.99. The highest BCUT2D eigenvalue weighted by atomic mass is 32.2. The molecule has 1 atom stereocenters.